The Labute approximate surface area is 154 Å². The van der Waals surface area contributed by atoms with E-state index in [0.717, 1.165) is 0 Å². The topological polar surface area (TPSA) is 0 Å². The van der Waals surface area contributed by atoms with Crippen LogP contribution in [0.1, 0.15) is 0 Å². The molecule has 0 nitrogen and oxygen atoms in total. The van der Waals surface area contributed by atoms with Gasteiger partial charge in [0.05, 0.1) is 0 Å². The third kappa shape index (κ3) is 4.11. The average Bonchev–Trinajstić information content (AvgIpc) is 2.35. The van der Waals surface area contributed by atoms with E-state index in [0.29, 0.717) is 0 Å². The van der Waals surface area contributed by atoms with E-state index in [-0.39, 0.29) is 40.0 Å². The summed E-state index contributed by atoms with van der Waals surface area (Å²) in [5, 5.41) is 0. The predicted molar refractivity (Wildman–Crippen MR) is 45.5 cm³/mol. The van der Waals surface area contributed by atoms with Crippen LogP contribution in [-0.2, 0) is 0 Å². The van der Waals surface area contributed by atoms with Gasteiger partial charge >= 0.3 is 58.8 Å². The second kappa shape index (κ2) is 7.90. The number of hydrogen-bond acceptors (Lipinski definition) is 0. The van der Waals surface area contributed by atoms with Crippen LogP contribution >= 0.6 is 0 Å². The van der Waals surface area contributed by atoms with E-state index >= 15 is 0 Å². The Balaban J connectivity index is -0.00000242. The first-order chi connectivity index (χ1) is 9.73. The molecule has 146 valence electrons. The summed E-state index contributed by atoms with van der Waals surface area (Å²) in [4.78, 5) is 0. The summed E-state index contributed by atoms with van der Waals surface area (Å²) in [5.41, 5.74) is 0. The second-order valence-corrected chi connectivity index (χ2v) is 3.78. The zero-order chi connectivity index (χ0) is 19.3. The van der Waals surface area contributed by atoms with Crippen molar-refractivity contribution in [2.45, 2.75) is 35.8 Å². The summed E-state index contributed by atoms with van der Waals surface area (Å²) in [6.45, 7) is 0. The first kappa shape index (κ1) is 29.7. The predicted octanol–water partition coefficient (Wildman–Crippen LogP) is 1.93. The number of alkyl halides is 13. The van der Waals surface area contributed by atoms with Gasteiger partial charge in [-0.2, -0.15) is 57.1 Å². The van der Waals surface area contributed by atoms with Gasteiger partial charge < -0.3 is 21.4 Å². The summed E-state index contributed by atoms with van der Waals surface area (Å²) >= 11 is 0. The molecule has 0 radical (unpaired) electrons. The van der Waals surface area contributed by atoms with Gasteiger partial charge in [-0.3, -0.25) is 6.33 Å². The van der Waals surface area contributed by atoms with Gasteiger partial charge in [0.25, 0.3) is 0 Å². The van der Waals surface area contributed by atoms with Gasteiger partial charge in [-0.25, -0.2) is 4.39 Å². The van der Waals surface area contributed by atoms with Gasteiger partial charge in [0.2, 0.25) is 0 Å². The zero-order valence-electron chi connectivity index (χ0n) is 10.8. The van der Waals surface area contributed by atoms with Crippen LogP contribution in [0.25, 0.3) is 0 Å². The van der Waals surface area contributed by atoms with Gasteiger partial charge in [0, 0.05) is 5.83 Å². The smallest absolute Gasteiger partial charge is 1.00 e. The van der Waals surface area contributed by atoms with E-state index in [1.165, 1.54) is 0 Å². The molecule has 25 heavy (non-hydrogen) atoms. The van der Waals surface area contributed by atoms with Crippen molar-refractivity contribution in [3.8, 4) is 0 Å². The molecule has 0 bridgehead atoms. The van der Waals surface area contributed by atoms with Crippen LogP contribution in [0.4, 0.5) is 65.9 Å². The molecular formula is C8BrF15Mg. The first-order valence-electron chi connectivity index (χ1n) is 4.58. The zero-order valence-corrected chi connectivity index (χ0v) is 13.8. The monoisotopic (exact) mass is 484 g/mol. The Morgan fingerprint density at radius 2 is 0.840 bits per heavy atom. The third-order valence-electron chi connectivity index (χ3n) is 2.29. The van der Waals surface area contributed by atoms with Crippen molar-refractivity contribution in [3.63, 3.8) is 0 Å². The summed E-state index contributed by atoms with van der Waals surface area (Å²) in [6.07, 6.45) is -8.53. The first-order valence-corrected chi connectivity index (χ1v) is 4.58. The van der Waals surface area contributed by atoms with Gasteiger partial charge in [-0.15, -0.1) is 0 Å². The average molecular weight is 485 g/mol. The maximum absolute atomic E-state index is 12.7. The SMILES string of the molecule is F[C-]=C(F)C(F)(F)C(F)(F)C(F)(F)C(F)(F)C(F)(F)C(F)(F)F.[Br-].[Mg+2]. The van der Waals surface area contributed by atoms with E-state index in [1.54, 1.807) is 0 Å². The molecule has 0 amide bonds. The molecule has 0 spiro atoms. The normalized spacial score (nSPS) is 15.4. The standard InChI is InChI=1S/C8F15.BrH.Mg/c9-1-2(10)3(11,12)4(13,14)5(15,16)6(17,18)7(19,20)8(21,22)23;;/h;1H;/q-1;;+2/p-1. The van der Waals surface area contributed by atoms with Crippen molar-refractivity contribution in [1.82, 2.24) is 0 Å². The quantitative estimate of drug-likeness (QED) is 0.318. The minimum Gasteiger partial charge on any atom is -1.00 e. The van der Waals surface area contributed by atoms with Crippen LogP contribution in [0.2, 0.25) is 0 Å². The summed E-state index contributed by atoms with van der Waals surface area (Å²) < 4.78 is 184. The van der Waals surface area contributed by atoms with E-state index in [2.05, 4.69) is 0 Å². The van der Waals surface area contributed by atoms with Crippen LogP contribution in [0.3, 0.4) is 0 Å². The fourth-order valence-corrected chi connectivity index (χ4v) is 0.967. The molecule has 0 aliphatic heterocycles. The molecule has 0 aliphatic rings. The van der Waals surface area contributed by atoms with Crippen molar-refractivity contribution in [2.24, 2.45) is 0 Å². The Kier molecular flexibility index (Phi) is 9.38. The largest absolute Gasteiger partial charge is 2.00 e. The Hall–Kier alpha value is -0.0638. The number of hydrogen-bond donors (Lipinski definition) is 0. The minimum absolute atomic E-state index is 0. The maximum atomic E-state index is 12.7. The summed E-state index contributed by atoms with van der Waals surface area (Å²) in [7, 11) is 0. The maximum Gasteiger partial charge on any atom is 2.00 e. The third-order valence-corrected chi connectivity index (χ3v) is 2.29. The van der Waals surface area contributed by atoms with Crippen LogP contribution in [0.15, 0.2) is 5.83 Å². The van der Waals surface area contributed by atoms with Crippen LogP contribution in [0.5, 0.6) is 0 Å². The van der Waals surface area contributed by atoms with E-state index in [4.69, 9.17) is 0 Å². The number of allylic oxidation sites excluding steroid dienone is 1. The van der Waals surface area contributed by atoms with Gasteiger partial charge in [-0.1, -0.05) is 0 Å². The van der Waals surface area contributed by atoms with Crippen molar-refractivity contribution < 1.29 is 82.8 Å². The molecule has 0 heterocycles. The molecule has 0 rings (SSSR count). The Morgan fingerprint density at radius 3 is 1.08 bits per heavy atom. The summed E-state index contributed by atoms with van der Waals surface area (Å²) in [6, 6.07) is 0. The number of halogens is 16. The molecule has 0 saturated heterocycles. The second-order valence-electron chi connectivity index (χ2n) is 3.78. The van der Waals surface area contributed by atoms with E-state index < -0.39 is 47.9 Å². The molecule has 0 fully saturated rings. The molecule has 0 unspecified atom stereocenters. The van der Waals surface area contributed by atoms with Crippen molar-refractivity contribution in [2.75, 3.05) is 0 Å². The fraction of sp³-hybridized carbons (Fsp3) is 0.750. The molecule has 0 aromatic carbocycles. The van der Waals surface area contributed by atoms with Gasteiger partial charge in [-0.05, 0) is 0 Å². The molecule has 17 heteroatoms. The minimum atomic E-state index is -8.16. The molecule has 0 aliphatic carbocycles. The Bertz CT molecular complexity index is 478. The molecule has 0 atom stereocenters. The Morgan fingerprint density at radius 1 is 0.560 bits per heavy atom. The molecule has 0 N–H and O–H groups in total. The van der Waals surface area contributed by atoms with Crippen LogP contribution < -0.4 is 17.0 Å². The fourth-order valence-electron chi connectivity index (χ4n) is 0.967. The van der Waals surface area contributed by atoms with Crippen LogP contribution in [-0.4, -0.2) is 58.8 Å². The van der Waals surface area contributed by atoms with E-state index in [1.807, 2.05) is 0 Å². The molecule has 0 aromatic heterocycles. The van der Waals surface area contributed by atoms with Gasteiger partial charge in [0.1, 0.15) is 0 Å². The van der Waals surface area contributed by atoms with E-state index in [9.17, 15) is 65.9 Å². The van der Waals surface area contributed by atoms with Gasteiger partial charge in [0.15, 0.2) is 0 Å². The molecule has 0 saturated carbocycles. The number of rotatable bonds is 5. The van der Waals surface area contributed by atoms with Crippen molar-refractivity contribution >= 4 is 23.1 Å². The molecule has 0 aromatic rings. The summed E-state index contributed by atoms with van der Waals surface area (Å²) in [5.74, 6) is -43.5. The van der Waals surface area contributed by atoms with Crippen molar-refractivity contribution in [1.29, 1.82) is 0 Å². The molecular weight excluding hydrogens is 485 g/mol. The van der Waals surface area contributed by atoms with Crippen LogP contribution in [0, 0.1) is 6.33 Å². The van der Waals surface area contributed by atoms with Crippen molar-refractivity contribution in [3.05, 3.63) is 12.2 Å².